The van der Waals surface area contributed by atoms with E-state index in [1.165, 1.54) is 17.3 Å². The van der Waals surface area contributed by atoms with Gasteiger partial charge in [-0.3, -0.25) is 4.79 Å². The van der Waals surface area contributed by atoms with Gasteiger partial charge in [-0.25, -0.2) is 0 Å². The van der Waals surface area contributed by atoms with Crippen molar-refractivity contribution >= 4 is 38.6 Å². The number of nitrogens with zero attached hydrogens (tertiary/aromatic N) is 1. The van der Waals surface area contributed by atoms with Crippen LogP contribution in [0.25, 0.3) is 0 Å². The minimum atomic E-state index is -4.43. The van der Waals surface area contributed by atoms with Crippen LogP contribution in [-0.4, -0.2) is 27.6 Å². The zero-order chi connectivity index (χ0) is 25.3. The first-order valence-electron chi connectivity index (χ1n) is 10.9. The molecule has 3 aromatic rings. The highest BCUT2D eigenvalue weighted by Crippen LogP contribution is 2.34. The lowest BCUT2D eigenvalue weighted by Gasteiger charge is -2.40. The predicted octanol–water partition coefficient (Wildman–Crippen LogP) is 4.86. The average molecular weight is 505 g/mol. The number of halogens is 4. The Kier molecular flexibility index (Phi) is 7.48. The van der Waals surface area contributed by atoms with Crippen LogP contribution in [0, 0.1) is 6.92 Å². The second kappa shape index (κ2) is 9.84. The van der Waals surface area contributed by atoms with Crippen LogP contribution in [0.5, 0.6) is 0 Å². The van der Waals surface area contributed by atoms with Gasteiger partial charge in [0.05, 0.1) is 16.7 Å². The molecule has 0 unspecified atom stereocenters. The monoisotopic (exact) mass is 504 g/mol. The molecule has 0 aromatic heterocycles. The van der Waals surface area contributed by atoms with Crippen molar-refractivity contribution in [2.45, 2.75) is 38.9 Å². The van der Waals surface area contributed by atoms with Crippen LogP contribution in [0.2, 0.25) is 5.02 Å². The normalized spacial score (nSPS) is 12.1. The summed E-state index contributed by atoms with van der Waals surface area (Å²) in [5.74, 6) is -0.327. The van der Waals surface area contributed by atoms with Crippen LogP contribution in [0.3, 0.4) is 0 Å². The third-order valence-corrected chi connectivity index (χ3v) is 6.94. The number of hydrogen-bond acceptors (Lipinski definition) is 2. The van der Waals surface area contributed by atoms with Gasteiger partial charge in [-0.1, -0.05) is 53.2 Å². The van der Waals surface area contributed by atoms with Crippen LogP contribution < -0.4 is 10.9 Å². The molecule has 3 aromatic carbocycles. The number of nitrogen functional groups attached to an aromatic ring is 1. The Bertz CT molecular complexity index is 1210. The smallest absolute Gasteiger partial charge is 0.398 e. The van der Waals surface area contributed by atoms with Gasteiger partial charge in [-0.05, 0) is 68.1 Å². The minimum absolute atomic E-state index is 0.196. The van der Waals surface area contributed by atoms with Crippen molar-refractivity contribution in [2.24, 2.45) is 0 Å². The van der Waals surface area contributed by atoms with Gasteiger partial charge >= 0.3 is 6.18 Å². The van der Waals surface area contributed by atoms with Gasteiger partial charge in [0.25, 0.3) is 5.91 Å². The topological polar surface area (TPSA) is 46.3 Å². The number of benzene rings is 3. The molecule has 0 spiro atoms. The van der Waals surface area contributed by atoms with Gasteiger partial charge in [0.15, 0.2) is 0 Å². The van der Waals surface area contributed by atoms with Gasteiger partial charge in [-0.2, -0.15) is 13.2 Å². The Morgan fingerprint density at radius 3 is 2.41 bits per heavy atom. The number of amides is 1. The minimum Gasteiger partial charge on any atom is -0.398 e. The lowest BCUT2D eigenvalue weighted by atomic mass is 9.87. The van der Waals surface area contributed by atoms with Crippen molar-refractivity contribution in [1.82, 2.24) is 4.90 Å². The Morgan fingerprint density at radius 1 is 1.06 bits per heavy atom. The van der Waals surface area contributed by atoms with E-state index in [9.17, 15) is 18.0 Å². The second-order valence-electron chi connectivity index (χ2n) is 9.01. The maximum absolute atomic E-state index is 13.8. The zero-order valence-corrected chi connectivity index (χ0v) is 22.4. The number of nitrogens with two attached hydrogens (primary N) is 1. The summed E-state index contributed by atoms with van der Waals surface area (Å²) < 4.78 is 39.6. The van der Waals surface area contributed by atoms with E-state index < -0.39 is 17.3 Å². The number of anilines is 1. The summed E-state index contributed by atoms with van der Waals surface area (Å²) in [5.41, 5.74) is 7.71. The van der Waals surface area contributed by atoms with Crippen LogP contribution in [0.1, 0.15) is 46.5 Å². The lowest BCUT2D eigenvalue weighted by molar-refractivity contribution is -0.137. The Labute approximate surface area is 206 Å². The molecular formula is C26H28ClF3N2OSi. The number of hydrogen-bond donors (Lipinski definition) is 1. The van der Waals surface area contributed by atoms with E-state index >= 15 is 0 Å². The molecule has 0 heterocycles. The van der Waals surface area contributed by atoms with Crippen molar-refractivity contribution in [3.05, 3.63) is 93.5 Å². The van der Waals surface area contributed by atoms with E-state index in [1.54, 1.807) is 23.1 Å². The SMILES string of the molecule is Cc1cc([SiH3])ccc1C(C)(C)N(CCc1cccc(C(F)(F)F)c1)C(=O)c1cc(Cl)ccc1N. The molecular weight excluding hydrogens is 477 g/mol. The predicted molar refractivity (Wildman–Crippen MR) is 136 cm³/mol. The largest absolute Gasteiger partial charge is 0.416 e. The summed E-state index contributed by atoms with van der Waals surface area (Å²) in [5, 5.41) is 1.61. The molecule has 3 nitrogen and oxygen atoms in total. The van der Waals surface area contributed by atoms with Crippen molar-refractivity contribution < 1.29 is 18.0 Å². The maximum Gasteiger partial charge on any atom is 0.416 e. The Balaban J connectivity index is 2.03. The molecule has 0 saturated carbocycles. The second-order valence-corrected chi connectivity index (χ2v) is 10.6. The maximum atomic E-state index is 13.8. The molecule has 0 saturated heterocycles. The third-order valence-electron chi connectivity index (χ3n) is 6.09. The molecule has 3 rings (SSSR count). The van der Waals surface area contributed by atoms with Crippen LogP contribution in [-0.2, 0) is 18.1 Å². The summed E-state index contributed by atoms with van der Waals surface area (Å²) in [7, 11) is 0.904. The van der Waals surface area contributed by atoms with Crippen molar-refractivity contribution in [3.63, 3.8) is 0 Å². The quantitative estimate of drug-likeness (QED) is 0.385. The molecule has 0 fully saturated rings. The fraction of sp³-hybridized carbons (Fsp3) is 0.269. The van der Waals surface area contributed by atoms with Crippen LogP contribution in [0.4, 0.5) is 18.9 Å². The molecule has 0 radical (unpaired) electrons. The van der Waals surface area contributed by atoms with Gasteiger partial charge in [0.2, 0.25) is 0 Å². The van der Waals surface area contributed by atoms with Gasteiger partial charge in [-0.15, -0.1) is 0 Å². The molecule has 180 valence electrons. The van der Waals surface area contributed by atoms with E-state index in [4.69, 9.17) is 17.3 Å². The molecule has 8 heteroatoms. The van der Waals surface area contributed by atoms with Crippen molar-refractivity contribution in [1.29, 1.82) is 0 Å². The average Bonchev–Trinajstić information content (AvgIpc) is 2.74. The molecule has 0 aliphatic heterocycles. The summed E-state index contributed by atoms with van der Waals surface area (Å²) >= 11 is 6.14. The standard InChI is InChI=1S/C26H28ClF3N2OSi/c1-16-13-20(34)8-9-22(16)25(2,3)32(24(33)21-15-19(27)7-10-23(21)31)12-11-17-5-4-6-18(14-17)26(28,29)30/h4-10,13-15H,11-12,31H2,1-3,34H3. The lowest BCUT2D eigenvalue weighted by Crippen LogP contribution is -2.47. The molecule has 0 aliphatic carbocycles. The van der Waals surface area contributed by atoms with Crippen molar-refractivity contribution in [2.75, 3.05) is 12.3 Å². The van der Waals surface area contributed by atoms with Crippen LogP contribution >= 0.6 is 11.6 Å². The Hall–Kier alpha value is -2.77. The molecule has 0 atom stereocenters. The van der Waals surface area contributed by atoms with E-state index in [-0.39, 0.29) is 24.4 Å². The number of alkyl halides is 3. The molecule has 2 N–H and O–H groups in total. The van der Waals surface area contributed by atoms with E-state index in [2.05, 4.69) is 6.07 Å². The Morgan fingerprint density at radius 2 is 1.76 bits per heavy atom. The van der Waals surface area contributed by atoms with Gasteiger partial charge in [0.1, 0.15) is 0 Å². The van der Waals surface area contributed by atoms with E-state index in [0.717, 1.165) is 33.5 Å². The first-order chi connectivity index (χ1) is 15.8. The molecule has 34 heavy (non-hydrogen) atoms. The summed E-state index contributed by atoms with van der Waals surface area (Å²) in [4.78, 5) is 15.4. The highest BCUT2D eigenvalue weighted by atomic mass is 35.5. The summed E-state index contributed by atoms with van der Waals surface area (Å²) in [6.45, 7) is 6.07. The molecule has 0 bridgehead atoms. The number of rotatable bonds is 6. The number of carbonyl (C=O) groups excluding carboxylic acids is 1. The highest BCUT2D eigenvalue weighted by molar-refractivity contribution is 6.32. The number of carbonyl (C=O) groups is 1. The number of aryl methyl sites for hydroxylation is 1. The summed E-state index contributed by atoms with van der Waals surface area (Å²) in [6.07, 6.45) is -4.18. The third kappa shape index (κ3) is 5.65. The van der Waals surface area contributed by atoms with E-state index in [0.29, 0.717) is 16.3 Å². The van der Waals surface area contributed by atoms with Gasteiger partial charge < -0.3 is 10.6 Å². The fourth-order valence-corrected chi connectivity index (χ4v) is 5.06. The van der Waals surface area contributed by atoms with Gasteiger partial charge in [0, 0.05) is 27.5 Å². The fourth-order valence-electron chi connectivity index (χ4n) is 4.28. The molecule has 0 aliphatic rings. The van der Waals surface area contributed by atoms with Crippen LogP contribution in [0.15, 0.2) is 60.7 Å². The first kappa shape index (κ1) is 25.8. The van der Waals surface area contributed by atoms with E-state index in [1.807, 2.05) is 32.9 Å². The zero-order valence-electron chi connectivity index (χ0n) is 19.6. The molecule has 1 amide bonds. The summed E-state index contributed by atoms with van der Waals surface area (Å²) in [6, 6.07) is 16.1. The highest BCUT2D eigenvalue weighted by Gasteiger charge is 2.35. The van der Waals surface area contributed by atoms with Crippen molar-refractivity contribution in [3.8, 4) is 0 Å². The first-order valence-corrected chi connectivity index (χ1v) is 12.3.